The zero-order chi connectivity index (χ0) is 11.8. The lowest BCUT2D eigenvalue weighted by molar-refractivity contribution is -0.123. The first-order valence-electron chi connectivity index (χ1n) is 5.68. The van der Waals surface area contributed by atoms with E-state index in [1.54, 1.807) is 17.1 Å². The maximum Gasteiger partial charge on any atom is 0.257 e. The van der Waals surface area contributed by atoms with Crippen LogP contribution in [0.25, 0.3) is 0 Å². The first-order valence-corrected chi connectivity index (χ1v) is 5.68. The molecular weight excluding hydrogens is 206 g/mol. The molecule has 1 N–H and O–H groups in total. The minimum Gasteiger partial charge on any atom is -0.480 e. The summed E-state index contributed by atoms with van der Waals surface area (Å²) in [6.45, 7) is 5.71. The highest BCUT2D eigenvalue weighted by Gasteiger charge is 2.03. The average Bonchev–Trinajstić information content (AvgIpc) is 2.72. The molecule has 0 radical (unpaired) electrons. The van der Waals surface area contributed by atoms with Crippen LogP contribution in [0, 0.1) is 0 Å². The van der Waals surface area contributed by atoms with E-state index in [4.69, 9.17) is 4.74 Å². The molecule has 0 unspecified atom stereocenters. The Kier molecular flexibility index (Phi) is 5.39. The number of nitrogens with zero attached hydrogens (tertiary/aromatic N) is 2. The van der Waals surface area contributed by atoms with E-state index in [1.807, 2.05) is 6.92 Å². The lowest BCUT2D eigenvalue weighted by atomic mass is 10.5. The molecule has 0 aliphatic rings. The molecule has 1 aromatic rings. The highest BCUT2D eigenvalue weighted by atomic mass is 16.5. The van der Waals surface area contributed by atoms with Gasteiger partial charge in [0.15, 0.2) is 12.4 Å². The highest BCUT2D eigenvalue weighted by Crippen LogP contribution is 2.07. The van der Waals surface area contributed by atoms with Crippen LogP contribution < -0.4 is 10.1 Å². The number of hydrogen-bond acceptors (Lipinski definition) is 3. The van der Waals surface area contributed by atoms with Gasteiger partial charge in [-0.3, -0.25) is 9.48 Å². The van der Waals surface area contributed by atoms with Crippen molar-refractivity contribution in [2.24, 2.45) is 0 Å². The number of aryl methyl sites for hydroxylation is 1. The standard InChI is InChI=1S/C11H19N3O2/c1-3-5-12-11(15)9-16-10-7-13-14(8-10)6-4-2/h7-8H,3-6,9H2,1-2H3,(H,12,15). The molecule has 0 fully saturated rings. The summed E-state index contributed by atoms with van der Waals surface area (Å²) in [7, 11) is 0. The number of amides is 1. The third-order valence-corrected chi connectivity index (χ3v) is 2.00. The van der Waals surface area contributed by atoms with Crippen molar-refractivity contribution >= 4 is 5.91 Å². The molecule has 0 atom stereocenters. The lowest BCUT2D eigenvalue weighted by Crippen LogP contribution is -2.29. The van der Waals surface area contributed by atoms with Gasteiger partial charge < -0.3 is 10.1 Å². The zero-order valence-electron chi connectivity index (χ0n) is 9.90. The summed E-state index contributed by atoms with van der Waals surface area (Å²) < 4.78 is 7.10. The molecule has 0 bridgehead atoms. The van der Waals surface area contributed by atoms with Crippen molar-refractivity contribution < 1.29 is 9.53 Å². The fourth-order valence-electron chi connectivity index (χ4n) is 1.23. The van der Waals surface area contributed by atoms with Gasteiger partial charge >= 0.3 is 0 Å². The summed E-state index contributed by atoms with van der Waals surface area (Å²) >= 11 is 0. The number of carbonyl (C=O) groups excluding carboxylic acids is 1. The largest absolute Gasteiger partial charge is 0.480 e. The van der Waals surface area contributed by atoms with Crippen LogP contribution in [0.1, 0.15) is 26.7 Å². The quantitative estimate of drug-likeness (QED) is 0.758. The van der Waals surface area contributed by atoms with E-state index in [2.05, 4.69) is 17.3 Å². The van der Waals surface area contributed by atoms with Crippen LogP contribution in [0.3, 0.4) is 0 Å². The summed E-state index contributed by atoms with van der Waals surface area (Å²) in [5, 5.41) is 6.85. The molecular formula is C11H19N3O2. The van der Waals surface area contributed by atoms with Crippen LogP contribution in [0.5, 0.6) is 5.75 Å². The van der Waals surface area contributed by atoms with Crippen molar-refractivity contribution in [1.82, 2.24) is 15.1 Å². The van der Waals surface area contributed by atoms with E-state index in [0.717, 1.165) is 19.4 Å². The average molecular weight is 225 g/mol. The van der Waals surface area contributed by atoms with E-state index < -0.39 is 0 Å². The zero-order valence-corrected chi connectivity index (χ0v) is 9.90. The second-order valence-corrected chi connectivity index (χ2v) is 3.58. The molecule has 0 spiro atoms. The molecule has 16 heavy (non-hydrogen) atoms. The van der Waals surface area contributed by atoms with Crippen LogP contribution >= 0.6 is 0 Å². The van der Waals surface area contributed by atoms with Gasteiger partial charge in [-0.25, -0.2) is 0 Å². The van der Waals surface area contributed by atoms with Crippen LogP contribution in [0.4, 0.5) is 0 Å². The van der Waals surface area contributed by atoms with E-state index in [0.29, 0.717) is 12.3 Å². The summed E-state index contributed by atoms with van der Waals surface area (Å²) in [5.74, 6) is 0.546. The van der Waals surface area contributed by atoms with Gasteiger partial charge in [-0.05, 0) is 12.8 Å². The second-order valence-electron chi connectivity index (χ2n) is 3.58. The van der Waals surface area contributed by atoms with Crippen molar-refractivity contribution in [3.8, 4) is 5.75 Å². The van der Waals surface area contributed by atoms with Gasteiger partial charge in [0.25, 0.3) is 5.91 Å². The van der Waals surface area contributed by atoms with E-state index in [9.17, 15) is 4.79 Å². The summed E-state index contributed by atoms with van der Waals surface area (Å²) in [4.78, 5) is 11.2. The third kappa shape index (κ3) is 4.33. The van der Waals surface area contributed by atoms with Gasteiger partial charge in [0, 0.05) is 13.1 Å². The minimum absolute atomic E-state index is 0.0534. The number of ether oxygens (including phenoxy) is 1. The normalized spacial score (nSPS) is 10.1. The maximum absolute atomic E-state index is 11.2. The fraction of sp³-hybridized carbons (Fsp3) is 0.636. The molecule has 0 aliphatic carbocycles. The van der Waals surface area contributed by atoms with Crippen molar-refractivity contribution in [2.45, 2.75) is 33.2 Å². The molecule has 1 amide bonds. The van der Waals surface area contributed by atoms with Gasteiger partial charge in [0.1, 0.15) is 0 Å². The number of hydrogen-bond donors (Lipinski definition) is 1. The first-order chi connectivity index (χ1) is 7.76. The molecule has 1 rings (SSSR count). The predicted octanol–water partition coefficient (Wildman–Crippen LogP) is 1.20. The lowest BCUT2D eigenvalue weighted by Gasteiger charge is -2.04. The summed E-state index contributed by atoms with van der Waals surface area (Å²) in [6, 6.07) is 0. The molecule has 1 aromatic heterocycles. The van der Waals surface area contributed by atoms with Gasteiger partial charge in [-0.15, -0.1) is 0 Å². The number of carbonyl (C=O) groups is 1. The molecule has 0 saturated heterocycles. The summed E-state index contributed by atoms with van der Waals surface area (Å²) in [5.41, 5.74) is 0. The van der Waals surface area contributed by atoms with Crippen molar-refractivity contribution in [3.63, 3.8) is 0 Å². The number of rotatable bonds is 7. The van der Waals surface area contributed by atoms with E-state index in [-0.39, 0.29) is 12.5 Å². The fourth-order valence-corrected chi connectivity index (χ4v) is 1.23. The SMILES string of the molecule is CCCNC(=O)COc1cnn(CCC)c1. The van der Waals surface area contributed by atoms with Gasteiger partial charge in [-0.1, -0.05) is 13.8 Å². The topological polar surface area (TPSA) is 56.1 Å². The van der Waals surface area contributed by atoms with Crippen LogP contribution in [0.2, 0.25) is 0 Å². The predicted molar refractivity (Wildman–Crippen MR) is 61.3 cm³/mol. The van der Waals surface area contributed by atoms with Crippen molar-refractivity contribution in [2.75, 3.05) is 13.2 Å². The Bertz CT molecular complexity index is 323. The van der Waals surface area contributed by atoms with E-state index >= 15 is 0 Å². The molecule has 1 heterocycles. The second kappa shape index (κ2) is 6.87. The first kappa shape index (κ1) is 12.5. The van der Waals surface area contributed by atoms with Crippen LogP contribution in [-0.2, 0) is 11.3 Å². The Balaban J connectivity index is 2.28. The number of aromatic nitrogens is 2. The molecule has 90 valence electrons. The van der Waals surface area contributed by atoms with E-state index in [1.165, 1.54) is 0 Å². The third-order valence-electron chi connectivity index (χ3n) is 2.00. The molecule has 0 aliphatic heterocycles. The molecule has 0 saturated carbocycles. The van der Waals surface area contributed by atoms with Gasteiger partial charge in [0.2, 0.25) is 0 Å². The Morgan fingerprint density at radius 3 is 3.00 bits per heavy atom. The molecule has 0 aromatic carbocycles. The van der Waals surface area contributed by atoms with Gasteiger partial charge in [-0.2, -0.15) is 5.10 Å². The highest BCUT2D eigenvalue weighted by molar-refractivity contribution is 5.77. The Hall–Kier alpha value is -1.52. The Labute approximate surface area is 95.8 Å². The smallest absolute Gasteiger partial charge is 0.257 e. The Morgan fingerprint density at radius 1 is 1.50 bits per heavy atom. The minimum atomic E-state index is -0.0925. The van der Waals surface area contributed by atoms with Gasteiger partial charge in [0.05, 0.1) is 12.4 Å². The van der Waals surface area contributed by atoms with Crippen molar-refractivity contribution in [1.29, 1.82) is 0 Å². The van der Waals surface area contributed by atoms with Crippen LogP contribution in [-0.4, -0.2) is 28.8 Å². The number of nitrogens with one attached hydrogen (secondary N) is 1. The van der Waals surface area contributed by atoms with Crippen LogP contribution in [0.15, 0.2) is 12.4 Å². The Morgan fingerprint density at radius 2 is 2.31 bits per heavy atom. The van der Waals surface area contributed by atoms with Crippen molar-refractivity contribution in [3.05, 3.63) is 12.4 Å². The molecule has 5 heteroatoms. The molecule has 5 nitrogen and oxygen atoms in total. The maximum atomic E-state index is 11.2. The summed E-state index contributed by atoms with van der Waals surface area (Å²) in [6.07, 6.45) is 5.39. The monoisotopic (exact) mass is 225 g/mol.